The van der Waals surface area contributed by atoms with Crippen molar-refractivity contribution in [1.29, 1.82) is 0 Å². The second-order valence-electron chi connectivity index (χ2n) is 8.35. The van der Waals surface area contributed by atoms with Crippen LogP contribution >= 0.6 is 0 Å². The number of amides is 2. The molecule has 0 aliphatic carbocycles. The summed E-state index contributed by atoms with van der Waals surface area (Å²) in [6, 6.07) is 15.2. The molecule has 0 saturated carbocycles. The standard InChI is InChI=1S/C22H25NO5Se/c1-21(2,3)28-20(25)23-18-13-9-8-12-17(18)22(4,19(23)24)14-15-29(26,27)16-10-6-5-7-11-16/h5-13H,14-15H2,1-4H3. The van der Waals surface area contributed by atoms with Crippen molar-refractivity contribution in [3.05, 3.63) is 60.2 Å². The van der Waals surface area contributed by atoms with E-state index in [1.54, 1.807) is 82.3 Å². The molecule has 0 saturated heterocycles. The number of hydrogen-bond acceptors (Lipinski definition) is 5. The van der Waals surface area contributed by atoms with Gasteiger partial charge in [0.2, 0.25) is 0 Å². The Morgan fingerprint density at radius 2 is 1.62 bits per heavy atom. The van der Waals surface area contributed by atoms with Gasteiger partial charge in [-0.2, -0.15) is 0 Å². The van der Waals surface area contributed by atoms with Crippen LogP contribution in [0.25, 0.3) is 0 Å². The number of nitrogens with zero attached hydrogens (tertiary/aromatic N) is 1. The van der Waals surface area contributed by atoms with E-state index in [4.69, 9.17) is 4.74 Å². The molecule has 1 unspecified atom stereocenters. The van der Waals surface area contributed by atoms with Crippen LogP contribution in [-0.2, 0) is 22.6 Å². The molecule has 7 heteroatoms. The van der Waals surface area contributed by atoms with Gasteiger partial charge in [0.05, 0.1) is 0 Å². The first-order valence-corrected chi connectivity index (χ1v) is 12.9. The van der Waals surface area contributed by atoms with Crippen LogP contribution in [0.1, 0.15) is 39.7 Å². The zero-order chi connectivity index (χ0) is 21.4. The third-order valence-corrected chi connectivity index (χ3v) is 8.60. The Labute approximate surface area is 172 Å². The number of benzene rings is 2. The second-order valence-corrected chi connectivity index (χ2v) is 12.8. The molecule has 154 valence electrons. The van der Waals surface area contributed by atoms with Crippen LogP contribution in [0.3, 0.4) is 0 Å². The zero-order valence-corrected chi connectivity index (χ0v) is 18.7. The van der Waals surface area contributed by atoms with Crippen LogP contribution in [0, 0.1) is 0 Å². The maximum absolute atomic E-state index is 13.3. The first kappa shape index (κ1) is 21.2. The fourth-order valence-corrected chi connectivity index (χ4v) is 6.54. The van der Waals surface area contributed by atoms with Crippen LogP contribution < -0.4 is 9.36 Å². The Balaban J connectivity index is 1.93. The van der Waals surface area contributed by atoms with Crippen LogP contribution in [0.2, 0.25) is 5.32 Å². The number of fused-ring (bicyclic) bond motifs is 1. The summed E-state index contributed by atoms with van der Waals surface area (Å²) in [5.74, 6) is -0.464. The molecule has 0 bridgehead atoms. The van der Waals surface area contributed by atoms with Crippen molar-refractivity contribution in [2.75, 3.05) is 4.90 Å². The van der Waals surface area contributed by atoms with Gasteiger partial charge < -0.3 is 0 Å². The molecular weight excluding hydrogens is 437 g/mol. The number of ether oxygens (including phenoxy) is 1. The van der Waals surface area contributed by atoms with Crippen molar-refractivity contribution in [2.45, 2.75) is 50.5 Å². The molecule has 2 aromatic rings. The van der Waals surface area contributed by atoms with Crippen molar-refractivity contribution in [3.8, 4) is 0 Å². The third-order valence-electron chi connectivity index (χ3n) is 4.96. The van der Waals surface area contributed by atoms with E-state index >= 15 is 0 Å². The molecule has 1 aliphatic rings. The SMILES string of the molecule is CC(C)(C)OC(=O)N1C(=O)C(C)(CC[Se](=O)(=O)c2ccccc2)c2ccccc21. The van der Waals surface area contributed by atoms with Gasteiger partial charge in [-0.25, -0.2) is 0 Å². The number of rotatable bonds is 4. The molecule has 0 spiro atoms. The second kappa shape index (κ2) is 7.39. The molecule has 0 fully saturated rings. The van der Waals surface area contributed by atoms with Gasteiger partial charge in [-0.15, -0.1) is 0 Å². The number of anilines is 1. The average Bonchev–Trinajstić information content (AvgIpc) is 2.88. The van der Waals surface area contributed by atoms with Gasteiger partial charge >= 0.3 is 172 Å². The molecule has 6 nitrogen and oxygen atoms in total. The van der Waals surface area contributed by atoms with Gasteiger partial charge in [-0.3, -0.25) is 0 Å². The molecule has 0 N–H and O–H groups in total. The fraction of sp³-hybridized carbons (Fsp3) is 0.364. The Morgan fingerprint density at radius 3 is 2.24 bits per heavy atom. The van der Waals surface area contributed by atoms with E-state index < -0.39 is 35.7 Å². The molecule has 1 atom stereocenters. The van der Waals surface area contributed by atoms with Crippen molar-refractivity contribution in [1.82, 2.24) is 0 Å². The summed E-state index contributed by atoms with van der Waals surface area (Å²) in [5, 5.41) is -0.140. The van der Waals surface area contributed by atoms with Gasteiger partial charge in [-0.05, 0) is 0 Å². The van der Waals surface area contributed by atoms with Gasteiger partial charge in [0.15, 0.2) is 0 Å². The summed E-state index contributed by atoms with van der Waals surface area (Å²) in [6.45, 7) is 6.88. The van der Waals surface area contributed by atoms with Crippen LogP contribution in [0.4, 0.5) is 10.5 Å². The predicted molar refractivity (Wildman–Crippen MR) is 110 cm³/mol. The first-order valence-electron chi connectivity index (χ1n) is 9.41. The van der Waals surface area contributed by atoms with E-state index in [0.717, 1.165) is 4.90 Å². The summed E-state index contributed by atoms with van der Waals surface area (Å²) in [6.07, 6.45) is -0.666. The van der Waals surface area contributed by atoms with E-state index in [-0.39, 0.29) is 16.2 Å². The van der Waals surface area contributed by atoms with Gasteiger partial charge in [-0.1, -0.05) is 0 Å². The fourth-order valence-electron chi connectivity index (χ4n) is 3.42. The summed E-state index contributed by atoms with van der Waals surface area (Å²) in [7, 11) is 0. The first-order chi connectivity index (χ1) is 13.5. The Hall–Kier alpha value is -2.50. The Bertz CT molecular complexity index is 1040. The van der Waals surface area contributed by atoms with E-state index in [2.05, 4.69) is 0 Å². The van der Waals surface area contributed by atoms with Crippen molar-refractivity contribution >= 4 is 34.9 Å². The van der Waals surface area contributed by atoms with E-state index in [0.29, 0.717) is 11.3 Å². The number of para-hydroxylation sites is 1. The summed E-state index contributed by atoms with van der Waals surface area (Å²) in [4.78, 5) is 27.0. The predicted octanol–water partition coefficient (Wildman–Crippen LogP) is 3.83. The normalized spacial score (nSPS) is 19.2. The number of hydrogen-bond donors (Lipinski definition) is 0. The van der Waals surface area contributed by atoms with Gasteiger partial charge in [0, 0.05) is 0 Å². The van der Waals surface area contributed by atoms with Crippen LogP contribution in [0.5, 0.6) is 0 Å². The van der Waals surface area contributed by atoms with Crippen molar-refractivity contribution in [3.63, 3.8) is 0 Å². The van der Waals surface area contributed by atoms with Crippen molar-refractivity contribution in [2.24, 2.45) is 0 Å². The van der Waals surface area contributed by atoms with Crippen molar-refractivity contribution < 1.29 is 22.0 Å². The quantitative estimate of drug-likeness (QED) is 0.646. The minimum atomic E-state index is -4.42. The zero-order valence-electron chi connectivity index (χ0n) is 17.0. The monoisotopic (exact) mass is 463 g/mol. The van der Waals surface area contributed by atoms with Gasteiger partial charge in [0.25, 0.3) is 0 Å². The van der Waals surface area contributed by atoms with Gasteiger partial charge in [0.1, 0.15) is 0 Å². The summed E-state index contributed by atoms with van der Waals surface area (Å²) < 4.78 is 31.3. The molecular formula is C22H25NO5Se. The molecule has 3 rings (SSSR count). The summed E-state index contributed by atoms with van der Waals surface area (Å²) in [5.41, 5.74) is -0.803. The van der Waals surface area contributed by atoms with E-state index in [1.165, 1.54) is 0 Å². The molecule has 1 heterocycles. The Morgan fingerprint density at radius 1 is 1.03 bits per heavy atom. The van der Waals surface area contributed by atoms with Crippen LogP contribution in [0.15, 0.2) is 54.6 Å². The molecule has 2 amide bonds. The molecule has 29 heavy (non-hydrogen) atoms. The van der Waals surface area contributed by atoms with E-state index in [1.807, 2.05) is 0 Å². The number of carbonyl (C=O) groups is 2. The molecule has 1 aliphatic heterocycles. The average molecular weight is 462 g/mol. The minimum absolute atomic E-state index is 0.0873. The topological polar surface area (TPSA) is 80.8 Å². The Kier molecular flexibility index (Phi) is 5.41. The van der Waals surface area contributed by atoms with Crippen LogP contribution in [-0.4, -0.2) is 30.3 Å². The molecule has 2 aromatic carbocycles. The molecule has 0 aromatic heterocycles. The third kappa shape index (κ3) is 4.11. The maximum atomic E-state index is 13.3. The number of imide groups is 1. The summed E-state index contributed by atoms with van der Waals surface area (Å²) >= 11 is -4.42. The van der Waals surface area contributed by atoms with E-state index in [9.17, 15) is 17.3 Å². The number of carbonyl (C=O) groups excluding carboxylic acids is 2. The molecule has 0 radical (unpaired) electrons.